The van der Waals surface area contributed by atoms with Crippen LogP contribution in [0.2, 0.25) is 0 Å². The smallest absolute Gasteiger partial charge is 0.306 e. The Morgan fingerprint density at radius 2 is 2.16 bits per heavy atom. The predicted octanol–water partition coefficient (Wildman–Crippen LogP) is 1.29. The molecule has 0 aromatic carbocycles. The molecule has 1 aliphatic carbocycles. The summed E-state index contributed by atoms with van der Waals surface area (Å²) in [7, 11) is 1.67. The summed E-state index contributed by atoms with van der Waals surface area (Å²) in [5.41, 5.74) is 1.24. The average Bonchev–Trinajstić information content (AvgIpc) is 2.89. The lowest BCUT2D eigenvalue weighted by Gasteiger charge is -2.28. The van der Waals surface area contributed by atoms with Crippen molar-refractivity contribution in [1.29, 1.82) is 0 Å². The van der Waals surface area contributed by atoms with Gasteiger partial charge in [0, 0.05) is 26.1 Å². The van der Waals surface area contributed by atoms with E-state index in [2.05, 4.69) is 6.08 Å². The molecule has 0 saturated heterocycles. The normalized spacial score (nSPS) is 27.2. The molecule has 1 aliphatic heterocycles. The van der Waals surface area contributed by atoms with Gasteiger partial charge < -0.3 is 14.7 Å². The van der Waals surface area contributed by atoms with Crippen molar-refractivity contribution >= 4 is 11.9 Å². The van der Waals surface area contributed by atoms with Crippen LogP contribution < -0.4 is 0 Å². The quantitative estimate of drug-likeness (QED) is 0.779. The van der Waals surface area contributed by atoms with Crippen molar-refractivity contribution in [3.8, 4) is 0 Å². The van der Waals surface area contributed by atoms with E-state index in [1.165, 1.54) is 5.57 Å². The fourth-order valence-electron chi connectivity index (χ4n) is 2.92. The molecule has 2 aliphatic rings. The lowest BCUT2D eigenvalue weighted by atomic mass is 10.0. The van der Waals surface area contributed by atoms with E-state index in [1.807, 2.05) is 4.90 Å². The fraction of sp³-hybridized carbons (Fsp3) is 0.714. The first-order valence-electron chi connectivity index (χ1n) is 6.80. The fourth-order valence-corrected chi connectivity index (χ4v) is 2.92. The molecule has 5 heteroatoms. The Bertz CT molecular complexity index is 391. The molecule has 0 aromatic heterocycles. The van der Waals surface area contributed by atoms with Crippen LogP contribution in [0.1, 0.15) is 25.7 Å². The second kappa shape index (κ2) is 6.19. The molecule has 0 radical (unpaired) electrons. The number of hydrogen-bond donors (Lipinski definition) is 1. The highest BCUT2D eigenvalue weighted by atomic mass is 16.5. The van der Waals surface area contributed by atoms with Gasteiger partial charge in [-0.2, -0.15) is 0 Å². The van der Waals surface area contributed by atoms with Crippen molar-refractivity contribution in [2.45, 2.75) is 25.7 Å². The minimum Gasteiger partial charge on any atom is -0.481 e. The van der Waals surface area contributed by atoms with Gasteiger partial charge in [0.25, 0.3) is 0 Å². The molecule has 1 amide bonds. The number of amides is 1. The van der Waals surface area contributed by atoms with Crippen molar-refractivity contribution in [3.05, 3.63) is 11.6 Å². The third kappa shape index (κ3) is 3.35. The summed E-state index contributed by atoms with van der Waals surface area (Å²) in [5, 5.41) is 8.97. The Labute approximate surface area is 113 Å². The molecule has 0 unspecified atom stereocenters. The van der Waals surface area contributed by atoms with Crippen LogP contribution in [0, 0.1) is 11.8 Å². The van der Waals surface area contributed by atoms with Crippen LogP contribution in [-0.2, 0) is 14.3 Å². The molecule has 1 heterocycles. The van der Waals surface area contributed by atoms with Crippen molar-refractivity contribution in [3.63, 3.8) is 0 Å². The lowest BCUT2D eigenvalue weighted by molar-refractivity contribution is -0.141. The minimum atomic E-state index is -0.767. The number of aliphatic carboxylic acids is 1. The zero-order valence-electron chi connectivity index (χ0n) is 11.3. The highest BCUT2D eigenvalue weighted by Gasteiger charge is 2.36. The minimum absolute atomic E-state index is 0.0986. The monoisotopic (exact) mass is 267 g/mol. The summed E-state index contributed by atoms with van der Waals surface area (Å²) >= 11 is 0. The Balaban J connectivity index is 1.87. The number of carboxylic acids is 1. The van der Waals surface area contributed by atoms with Crippen LogP contribution >= 0.6 is 0 Å². The molecule has 1 saturated carbocycles. The van der Waals surface area contributed by atoms with E-state index in [9.17, 15) is 9.59 Å². The topological polar surface area (TPSA) is 66.8 Å². The molecule has 0 aromatic rings. The largest absolute Gasteiger partial charge is 0.481 e. The molecule has 5 nitrogen and oxygen atoms in total. The molecular formula is C14H21NO4. The van der Waals surface area contributed by atoms with Gasteiger partial charge in [-0.25, -0.2) is 0 Å². The van der Waals surface area contributed by atoms with E-state index in [0.717, 1.165) is 13.0 Å². The zero-order valence-corrected chi connectivity index (χ0v) is 11.3. The van der Waals surface area contributed by atoms with Gasteiger partial charge in [0.05, 0.1) is 12.5 Å². The van der Waals surface area contributed by atoms with Crippen molar-refractivity contribution in [2.24, 2.45) is 11.8 Å². The van der Waals surface area contributed by atoms with E-state index in [1.54, 1.807) is 7.11 Å². The molecule has 1 fully saturated rings. The van der Waals surface area contributed by atoms with Gasteiger partial charge >= 0.3 is 5.97 Å². The first-order valence-corrected chi connectivity index (χ1v) is 6.80. The van der Waals surface area contributed by atoms with E-state index in [4.69, 9.17) is 9.84 Å². The van der Waals surface area contributed by atoms with Gasteiger partial charge in [0.2, 0.25) is 5.91 Å². The maximum absolute atomic E-state index is 12.3. The Hall–Kier alpha value is -1.36. The van der Waals surface area contributed by atoms with Gasteiger partial charge in [-0.3, -0.25) is 9.59 Å². The third-order valence-corrected chi connectivity index (χ3v) is 4.08. The summed E-state index contributed by atoms with van der Waals surface area (Å²) < 4.78 is 5.08. The number of ether oxygens (including phenoxy) is 1. The average molecular weight is 267 g/mol. The summed E-state index contributed by atoms with van der Waals surface area (Å²) in [5.74, 6) is -1.08. The van der Waals surface area contributed by atoms with Crippen LogP contribution in [0.3, 0.4) is 0 Å². The van der Waals surface area contributed by atoms with Crippen LogP contribution in [0.25, 0.3) is 0 Å². The summed E-state index contributed by atoms with van der Waals surface area (Å²) in [6.07, 6.45) is 4.74. The van der Waals surface area contributed by atoms with E-state index in [-0.39, 0.29) is 17.7 Å². The van der Waals surface area contributed by atoms with E-state index < -0.39 is 5.97 Å². The van der Waals surface area contributed by atoms with Crippen LogP contribution in [0.5, 0.6) is 0 Å². The van der Waals surface area contributed by atoms with E-state index in [0.29, 0.717) is 32.4 Å². The predicted molar refractivity (Wildman–Crippen MR) is 69.6 cm³/mol. The summed E-state index contributed by atoms with van der Waals surface area (Å²) in [6, 6.07) is 0. The van der Waals surface area contributed by atoms with Crippen molar-refractivity contribution in [2.75, 3.05) is 26.8 Å². The number of nitrogens with zero attached hydrogens (tertiary/aromatic N) is 1. The van der Waals surface area contributed by atoms with Gasteiger partial charge in [-0.1, -0.05) is 6.08 Å². The third-order valence-electron chi connectivity index (χ3n) is 4.08. The number of rotatable bonds is 4. The molecule has 1 N–H and O–H groups in total. The van der Waals surface area contributed by atoms with Gasteiger partial charge in [-0.05, 0) is 31.3 Å². The van der Waals surface area contributed by atoms with Gasteiger partial charge in [-0.15, -0.1) is 0 Å². The van der Waals surface area contributed by atoms with Crippen molar-refractivity contribution in [1.82, 2.24) is 4.90 Å². The molecule has 19 heavy (non-hydrogen) atoms. The second-order valence-corrected chi connectivity index (χ2v) is 5.37. The maximum atomic E-state index is 12.3. The number of hydrogen-bond acceptors (Lipinski definition) is 3. The number of carbonyl (C=O) groups excluding carboxylic acids is 1. The van der Waals surface area contributed by atoms with Crippen LogP contribution in [-0.4, -0.2) is 48.7 Å². The molecule has 0 bridgehead atoms. The molecule has 106 valence electrons. The Morgan fingerprint density at radius 1 is 1.42 bits per heavy atom. The molecule has 2 rings (SSSR count). The SMILES string of the molecule is COCC1=CCN(C(=O)[C@@H]2CC[C@H](C(=O)O)C2)CC1. The number of carboxylic acid groups (broad SMARTS) is 1. The Morgan fingerprint density at radius 3 is 2.68 bits per heavy atom. The van der Waals surface area contributed by atoms with Gasteiger partial charge in [0.1, 0.15) is 0 Å². The van der Waals surface area contributed by atoms with E-state index >= 15 is 0 Å². The molecule has 0 spiro atoms. The highest BCUT2D eigenvalue weighted by Crippen LogP contribution is 2.32. The van der Waals surface area contributed by atoms with Crippen molar-refractivity contribution < 1.29 is 19.4 Å². The number of methoxy groups -OCH3 is 1. The highest BCUT2D eigenvalue weighted by molar-refractivity contribution is 5.81. The number of carbonyl (C=O) groups is 2. The summed E-state index contributed by atoms with van der Waals surface area (Å²) in [4.78, 5) is 25.1. The van der Waals surface area contributed by atoms with Crippen LogP contribution in [0.4, 0.5) is 0 Å². The molecule has 2 atom stereocenters. The lowest BCUT2D eigenvalue weighted by Crippen LogP contribution is -2.38. The second-order valence-electron chi connectivity index (χ2n) is 5.37. The standard InChI is InChI=1S/C14H21NO4/c1-19-9-10-4-6-15(7-5-10)13(16)11-2-3-12(8-11)14(17)18/h4,11-12H,2-3,5-9H2,1H3,(H,17,18)/t11-,12+/m1/s1. The zero-order chi connectivity index (χ0) is 13.8. The van der Waals surface area contributed by atoms with Gasteiger partial charge in [0.15, 0.2) is 0 Å². The van der Waals surface area contributed by atoms with Crippen LogP contribution in [0.15, 0.2) is 11.6 Å². The summed E-state index contributed by atoms with van der Waals surface area (Å²) in [6.45, 7) is 1.99. The maximum Gasteiger partial charge on any atom is 0.306 e. The molecular weight excluding hydrogens is 246 g/mol. The first kappa shape index (κ1) is 14.1. The Kier molecular flexibility index (Phi) is 4.58. The first-order chi connectivity index (χ1) is 9.11.